The van der Waals surface area contributed by atoms with Gasteiger partial charge in [0.2, 0.25) is 0 Å². The second-order valence-electron chi connectivity index (χ2n) is 4.82. The summed E-state index contributed by atoms with van der Waals surface area (Å²) in [7, 11) is 0. The first kappa shape index (κ1) is 18.1. The molecule has 2 rings (SSSR count). The van der Waals surface area contributed by atoms with Gasteiger partial charge in [-0.1, -0.05) is 17.7 Å². The van der Waals surface area contributed by atoms with Gasteiger partial charge in [-0.15, -0.1) is 0 Å². The summed E-state index contributed by atoms with van der Waals surface area (Å²) in [5.74, 6) is -1.38. The highest BCUT2D eigenvalue weighted by Gasteiger charge is 2.15. The van der Waals surface area contributed by atoms with Gasteiger partial charge in [0.1, 0.15) is 10.8 Å². The van der Waals surface area contributed by atoms with Crippen molar-refractivity contribution in [3.8, 4) is 0 Å². The Kier molecular flexibility index (Phi) is 5.85. The number of rotatable bonds is 5. The zero-order valence-electron chi connectivity index (χ0n) is 13.0. The third-order valence-corrected chi connectivity index (χ3v) is 3.41. The average molecular weight is 365 g/mol. The number of hydrogen-bond acceptors (Lipinski definition) is 6. The maximum Gasteiger partial charge on any atom is 0.329 e. The van der Waals surface area contributed by atoms with E-state index in [9.17, 15) is 19.7 Å². The summed E-state index contributed by atoms with van der Waals surface area (Å²) in [5.41, 5.74) is 2.45. The molecule has 0 fully saturated rings. The van der Waals surface area contributed by atoms with Gasteiger partial charge in [-0.25, -0.2) is 5.43 Å². The van der Waals surface area contributed by atoms with E-state index >= 15 is 0 Å². The van der Waals surface area contributed by atoms with Crippen LogP contribution < -0.4 is 10.7 Å². The Morgan fingerprint density at radius 1 is 1.32 bits per heavy atom. The highest BCUT2D eigenvalue weighted by atomic mass is 35.5. The Morgan fingerprint density at radius 3 is 2.72 bits per heavy atom. The summed E-state index contributed by atoms with van der Waals surface area (Å²) in [6.07, 6.45) is 1.44. The van der Waals surface area contributed by atoms with Gasteiger partial charge in [0.15, 0.2) is 0 Å². The fourth-order valence-electron chi connectivity index (χ4n) is 1.79. The van der Waals surface area contributed by atoms with E-state index in [1.54, 1.807) is 12.1 Å². The summed E-state index contributed by atoms with van der Waals surface area (Å²) in [5, 5.41) is 17.0. The number of carbonyl (C=O) groups is 2. The number of hydrogen-bond donors (Lipinski definition) is 2. The van der Waals surface area contributed by atoms with Gasteiger partial charge in [-0.05, 0) is 25.1 Å². The van der Waals surface area contributed by atoms with Crippen molar-refractivity contribution in [1.29, 1.82) is 0 Å². The molecule has 0 bridgehead atoms. The lowest BCUT2D eigenvalue weighted by Gasteiger charge is -2.04. The third kappa shape index (κ3) is 4.88. The first-order chi connectivity index (χ1) is 11.9. The monoisotopic (exact) mass is 364 g/mol. The molecule has 0 unspecified atom stereocenters. The summed E-state index contributed by atoms with van der Waals surface area (Å²) >= 11 is 5.73. The van der Waals surface area contributed by atoms with Gasteiger partial charge in [0.05, 0.1) is 23.4 Å². The number of nitro benzene ring substituents is 1. The van der Waals surface area contributed by atoms with E-state index in [0.29, 0.717) is 11.3 Å². The van der Waals surface area contributed by atoms with Crippen LogP contribution in [0.1, 0.15) is 18.2 Å². The molecule has 2 amide bonds. The summed E-state index contributed by atoms with van der Waals surface area (Å²) in [6, 6.07) is 7.39. The highest BCUT2D eigenvalue weighted by molar-refractivity contribution is 6.35. The van der Waals surface area contributed by atoms with E-state index in [2.05, 4.69) is 15.8 Å². The Hall–Kier alpha value is -3.20. The molecule has 0 radical (unpaired) electrons. The van der Waals surface area contributed by atoms with Crippen molar-refractivity contribution in [2.75, 3.05) is 0 Å². The van der Waals surface area contributed by atoms with Gasteiger partial charge in [0.25, 0.3) is 5.69 Å². The number of furan rings is 1. The van der Waals surface area contributed by atoms with Gasteiger partial charge in [0, 0.05) is 11.6 Å². The number of amides is 2. The molecule has 1 heterocycles. The molecule has 0 aliphatic carbocycles. The van der Waals surface area contributed by atoms with Crippen LogP contribution in [0.5, 0.6) is 0 Å². The lowest BCUT2D eigenvalue weighted by atomic mass is 10.1. The van der Waals surface area contributed by atoms with E-state index < -0.39 is 16.7 Å². The van der Waals surface area contributed by atoms with Gasteiger partial charge < -0.3 is 9.73 Å². The number of benzene rings is 1. The standard InChI is InChI=1S/C15H13ClN4O5/c1-9(10-4-5-12(16)13(7-10)20(23)24)18-19-15(22)14(21)17-8-11-3-2-6-25-11/h2-7H,8H2,1H3,(H,17,21)(H,19,22)/b18-9-. The van der Waals surface area contributed by atoms with Crippen LogP contribution in [-0.2, 0) is 16.1 Å². The number of nitrogens with one attached hydrogen (secondary N) is 2. The van der Waals surface area contributed by atoms with Gasteiger partial charge >= 0.3 is 11.8 Å². The van der Waals surface area contributed by atoms with Crippen molar-refractivity contribution >= 4 is 34.8 Å². The molecular formula is C15H13ClN4O5. The molecule has 130 valence electrons. The lowest BCUT2D eigenvalue weighted by Crippen LogP contribution is -2.37. The Morgan fingerprint density at radius 2 is 2.08 bits per heavy atom. The Balaban J connectivity index is 1.98. The van der Waals surface area contributed by atoms with Crippen molar-refractivity contribution in [2.45, 2.75) is 13.5 Å². The van der Waals surface area contributed by atoms with Crippen molar-refractivity contribution < 1.29 is 18.9 Å². The normalized spacial score (nSPS) is 11.0. The Labute approximate surface area is 146 Å². The first-order valence-corrected chi connectivity index (χ1v) is 7.35. The van der Waals surface area contributed by atoms with Crippen LogP contribution >= 0.6 is 11.6 Å². The van der Waals surface area contributed by atoms with Crippen LogP contribution in [0.3, 0.4) is 0 Å². The molecule has 25 heavy (non-hydrogen) atoms. The fourth-order valence-corrected chi connectivity index (χ4v) is 1.97. The van der Waals surface area contributed by atoms with E-state index in [-0.39, 0.29) is 23.0 Å². The lowest BCUT2D eigenvalue weighted by molar-refractivity contribution is -0.384. The number of hydrazone groups is 1. The number of nitrogens with zero attached hydrogens (tertiary/aromatic N) is 2. The van der Waals surface area contributed by atoms with Crippen LogP contribution in [0.15, 0.2) is 46.1 Å². The minimum Gasteiger partial charge on any atom is -0.467 e. The van der Waals surface area contributed by atoms with Crippen molar-refractivity contribution in [1.82, 2.24) is 10.7 Å². The average Bonchev–Trinajstić information content (AvgIpc) is 3.10. The summed E-state index contributed by atoms with van der Waals surface area (Å²) in [4.78, 5) is 33.6. The molecule has 1 aromatic heterocycles. The predicted octanol–water partition coefficient (Wildman–Crippen LogP) is 2.00. The molecule has 2 N–H and O–H groups in total. The minimum atomic E-state index is -0.977. The quantitative estimate of drug-likeness (QED) is 0.363. The fraction of sp³-hybridized carbons (Fsp3) is 0.133. The maximum absolute atomic E-state index is 11.7. The SMILES string of the molecule is C/C(=N/NC(=O)C(=O)NCc1ccco1)c1ccc(Cl)c([N+](=O)[O-])c1. The van der Waals surface area contributed by atoms with E-state index in [4.69, 9.17) is 16.0 Å². The van der Waals surface area contributed by atoms with Crippen LogP contribution in [0, 0.1) is 10.1 Å². The molecule has 0 saturated carbocycles. The first-order valence-electron chi connectivity index (χ1n) is 6.97. The zero-order chi connectivity index (χ0) is 18.4. The molecule has 1 aromatic carbocycles. The smallest absolute Gasteiger partial charge is 0.329 e. The van der Waals surface area contributed by atoms with E-state index in [0.717, 1.165) is 0 Å². The van der Waals surface area contributed by atoms with Crippen LogP contribution in [0.4, 0.5) is 5.69 Å². The number of halogens is 1. The van der Waals surface area contributed by atoms with Crippen LogP contribution in [0.2, 0.25) is 5.02 Å². The van der Waals surface area contributed by atoms with Crippen LogP contribution in [0.25, 0.3) is 0 Å². The second-order valence-corrected chi connectivity index (χ2v) is 5.23. The number of nitro groups is 1. The van der Waals surface area contributed by atoms with Crippen molar-refractivity contribution in [3.63, 3.8) is 0 Å². The molecule has 0 spiro atoms. The molecule has 10 heteroatoms. The second kappa shape index (κ2) is 8.06. The highest BCUT2D eigenvalue weighted by Crippen LogP contribution is 2.25. The van der Waals surface area contributed by atoms with E-state index in [1.807, 2.05) is 0 Å². The van der Waals surface area contributed by atoms with Crippen molar-refractivity contribution in [2.24, 2.45) is 5.10 Å². The molecule has 0 aliphatic heterocycles. The molecule has 2 aromatic rings. The molecule has 0 aliphatic rings. The topological polar surface area (TPSA) is 127 Å². The third-order valence-electron chi connectivity index (χ3n) is 3.10. The predicted molar refractivity (Wildman–Crippen MR) is 89.0 cm³/mol. The Bertz CT molecular complexity index is 832. The summed E-state index contributed by atoms with van der Waals surface area (Å²) < 4.78 is 5.02. The molecule has 0 atom stereocenters. The van der Waals surface area contributed by atoms with E-state index in [1.165, 1.54) is 31.4 Å². The van der Waals surface area contributed by atoms with Crippen LogP contribution in [-0.4, -0.2) is 22.4 Å². The maximum atomic E-state index is 11.7. The largest absolute Gasteiger partial charge is 0.467 e. The zero-order valence-corrected chi connectivity index (χ0v) is 13.7. The minimum absolute atomic E-state index is 0.0112. The molecular weight excluding hydrogens is 352 g/mol. The van der Waals surface area contributed by atoms with Gasteiger partial charge in [-0.3, -0.25) is 19.7 Å². The molecule has 9 nitrogen and oxygen atoms in total. The molecule has 0 saturated heterocycles. The van der Waals surface area contributed by atoms with Gasteiger partial charge in [-0.2, -0.15) is 5.10 Å². The number of carbonyl (C=O) groups excluding carboxylic acids is 2. The summed E-state index contributed by atoms with van der Waals surface area (Å²) in [6.45, 7) is 1.58. The van der Waals surface area contributed by atoms with Crippen molar-refractivity contribution in [3.05, 3.63) is 63.1 Å².